The van der Waals surface area contributed by atoms with Gasteiger partial charge in [0.05, 0.1) is 6.26 Å². The van der Waals surface area contributed by atoms with Gasteiger partial charge in [0.2, 0.25) is 10.0 Å². The first-order valence-electron chi connectivity index (χ1n) is 7.27. The van der Waals surface area contributed by atoms with Gasteiger partial charge in [-0.3, -0.25) is 0 Å². The van der Waals surface area contributed by atoms with E-state index in [1.54, 1.807) is 4.31 Å². The maximum absolute atomic E-state index is 11.5. The Morgan fingerprint density at radius 3 is 2.62 bits per heavy atom. The fraction of sp³-hybridized carbons (Fsp3) is 0.600. The highest BCUT2D eigenvalue weighted by molar-refractivity contribution is 7.88. The van der Waals surface area contributed by atoms with Crippen LogP contribution in [0.5, 0.6) is 0 Å². The van der Waals surface area contributed by atoms with E-state index in [4.69, 9.17) is 11.6 Å². The highest BCUT2D eigenvalue weighted by Crippen LogP contribution is 2.18. The zero-order valence-electron chi connectivity index (χ0n) is 12.5. The van der Waals surface area contributed by atoms with Gasteiger partial charge in [0.25, 0.3) is 0 Å². The second-order valence-corrected chi connectivity index (χ2v) is 8.33. The van der Waals surface area contributed by atoms with Crippen molar-refractivity contribution in [3.05, 3.63) is 34.9 Å². The Labute approximate surface area is 132 Å². The minimum atomic E-state index is -3.03. The van der Waals surface area contributed by atoms with Gasteiger partial charge < -0.3 is 5.32 Å². The van der Waals surface area contributed by atoms with Crippen molar-refractivity contribution in [2.75, 3.05) is 25.9 Å². The first kappa shape index (κ1) is 16.7. The molecule has 1 fully saturated rings. The molecule has 0 radical (unpaired) electrons. The Hall–Kier alpha value is -0.620. The normalized spacial score (nSPS) is 21.6. The lowest BCUT2D eigenvalue weighted by Crippen LogP contribution is -2.34. The lowest BCUT2D eigenvalue weighted by atomic mass is 10.1. The van der Waals surface area contributed by atoms with Crippen LogP contribution < -0.4 is 5.32 Å². The zero-order chi connectivity index (χ0) is 15.5. The molecule has 0 unspecified atom stereocenters. The molecule has 0 aromatic heterocycles. The Morgan fingerprint density at radius 1 is 1.38 bits per heavy atom. The van der Waals surface area contributed by atoms with Crippen LogP contribution in [0.25, 0.3) is 0 Å². The van der Waals surface area contributed by atoms with Crippen molar-refractivity contribution >= 4 is 21.6 Å². The van der Waals surface area contributed by atoms with E-state index >= 15 is 0 Å². The predicted molar refractivity (Wildman–Crippen MR) is 87.1 cm³/mol. The summed E-state index contributed by atoms with van der Waals surface area (Å²) in [6, 6.07) is 8.26. The van der Waals surface area contributed by atoms with Crippen molar-refractivity contribution in [2.24, 2.45) is 5.92 Å². The van der Waals surface area contributed by atoms with E-state index in [9.17, 15) is 8.42 Å². The highest BCUT2D eigenvalue weighted by atomic mass is 35.5. The molecule has 0 saturated carbocycles. The monoisotopic (exact) mass is 330 g/mol. The minimum absolute atomic E-state index is 0.360. The standard InChI is InChI=1S/C15H23ClN2O2S/c1-12(9-13-3-5-15(16)6-4-13)17-10-14-7-8-18(11-14)21(2,19)20/h3-6,12,14,17H,7-11H2,1-2H3/t12-,14-/m0/s1. The third-order valence-corrected chi connectivity index (χ3v) is 5.45. The summed E-state index contributed by atoms with van der Waals surface area (Å²) in [7, 11) is -3.03. The number of nitrogens with one attached hydrogen (secondary N) is 1. The van der Waals surface area contributed by atoms with Crippen LogP contribution in [0, 0.1) is 5.92 Å². The van der Waals surface area contributed by atoms with Gasteiger partial charge in [0, 0.05) is 24.2 Å². The number of hydrogen-bond acceptors (Lipinski definition) is 3. The summed E-state index contributed by atoms with van der Waals surface area (Å²) in [5.74, 6) is 0.410. The molecule has 2 rings (SSSR count). The van der Waals surface area contributed by atoms with E-state index in [0.717, 1.165) is 24.4 Å². The summed E-state index contributed by atoms with van der Waals surface area (Å²) < 4.78 is 24.5. The molecule has 1 aliphatic rings. The van der Waals surface area contributed by atoms with E-state index in [1.165, 1.54) is 11.8 Å². The van der Waals surface area contributed by atoms with E-state index in [2.05, 4.69) is 12.2 Å². The van der Waals surface area contributed by atoms with E-state index < -0.39 is 10.0 Å². The Balaban J connectivity index is 1.75. The van der Waals surface area contributed by atoms with Crippen molar-refractivity contribution in [2.45, 2.75) is 25.8 Å². The Kier molecular flexibility index (Phi) is 5.66. The number of nitrogens with zero attached hydrogens (tertiary/aromatic N) is 1. The smallest absolute Gasteiger partial charge is 0.211 e. The fourth-order valence-corrected chi connectivity index (χ4v) is 3.72. The topological polar surface area (TPSA) is 49.4 Å². The molecule has 1 aliphatic heterocycles. The van der Waals surface area contributed by atoms with Crippen LogP contribution >= 0.6 is 11.6 Å². The Morgan fingerprint density at radius 2 is 2.05 bits per heavy atom. The predicted octanol–water partition coefficient (Wildman–Crippen LogP) is 2.14. The molecular weight excluding hydrogens is 308 g/mol. The number of halogens is 1. The third kappa shape index (κ3) is 5.25. The first-order valence-corrected chi connectivity index (χ1v) is 9.50. The van der Waals surface area contributed by atoms with Gasteiger partial charge in [-0.05, 0) is 49.9 Å². The SMILES string of the molecule is C[C@@H](Cc1ccc(Cl)cc1)NC[C@@H]1CCN(S(C)(=O)=O)C1. The molecule has 1 aromatic carbocycles. The second-order valence-electron chi connectivity index (χ2n) is 5.92. The molecule has 1 heterocycles. The van der Waals surface area contributed by atoms with Gasteiger partial charge in [-0.2, -0.15) is 0 Å². The van der Waals surface area contributed by atoms with E-state index in [1.807, 2.05) is 24.3 Å². The van der Waals surface area contributed by atoms with Crippen molar-refractivity contribution in [3.8, 4) is 0 Å². The molecule has 1 saturated heterocycles. The van der Waals surface area contributed by atoms with Crippen molar-refractivity contribution in [1.29, 1.82) is 0 Å². The van der Waals surface area contributed by atoms with Crippen LogP contribution in [0.15, 0.2) is 24.3 Å². The van der Waals surface area contributed by atoms with Crippen LogP contribution in [-0.2, 0) is 16.4 Å². The van der Waals surface area contributed by atoms with Gasteiger partial charge in [-0.15, -0.1) is 0 Å². The lowest BCUT2D eigenvalue weighted by Gasteiger charge is -2.18. The van der Waals surface area contributed by atoms with Crippen LogP contribution in [0.3, 0.4) is 0 Å². The van der Waals surface area contributed by atoms with Crippen molar-refractivity contribution < 1.29 is 8.42 Å². The molecule has 4 nitrogen and oxygen atoms in total. The molecule has 0 bridgehead atoms. The Bertz CT molecular complexity index is 560. The van der Waals surface area contributed by atoms with E-state index in [-0.39, 0.29) is 0 Å². The summed E-state index contributed by atoms with van der Waals surface area (Å²) in [4.78, 5) is 0. The molecule has 1 N–H and O–H groups in total. The third-order valence-electron chi connectivity index (χ3n) is 3.93. The van der Waals surface area contributed by atoms with Crippen LogP contribution in [0.2, 0.25) is 5.02 Å². The molecular formula is C15H23ClN2O2S. The number of rotatable bonds is 6. The fourth-order valence-electron chi connectivity index (χ4n) is 2.68. The zero-order valence-corrected chi connectivity index (χ0v) is 14.1. The lowest BCUT2D eigenvalue weighted by molar-refractivity contribution is 0.428. The van der Waals surface area contributed by atoms with Crippen LogP contribution in [0.1, 0.15) is 18.9 Å². The molecule has 2 atom stereocenters. The summed E-state index contributed by atoms with van der Waals surface area (Å²) >= 11 is 5.88. The number of sulfonamides is 1. The van der Waals surface area contributed by atoms with Crippen LogP contribution in [0.4, 0.5) is 0 Å². The number of benzene rings is 1. The average Bonchev–Trinajstić information content (AvgIpc) is 2.88. The molecule has 1 aromatic rings. The quantitative estimate of drug-likeness (QED) is 0.869. The average molecular weight is 331 g/mol. The summed E-state index contributed by atoms with van der Waals surface area (Å²) in [6.45, 7) is 4.30. The molecule has 21 heavy (non-hydrogen) atoms. The summed E-state index contributed by atoms with van der Waals surface area (Å²) in [5.41, 5.74) is 1.25. The molecule has 118 valence electrons. The van der Waals surface area contributed by atoms with Crippen molar-refractivity contribution in [1.82, 2.24) is 9.62 Å². The van der Waals surface area contributed by atoms with Gasteiger partial charge in [0.1, 0.15) is 0 Å². The molecule has 0 spiro atoms. The minimum Gasteiger partial charge on any atom is -0.314 e. The molecule has 0 aliphatic carbocycles. The largest absolute Gasteiger partial charge is 0.314 e. The number of hydrogen-bond donors (Lipinski definition) is 1. The molecule has 6 heteroatoms. The van der Waals surface area contributed by atoms with Crippen LogP contribution in [-0.4, -0.2) is 44.7 Å². The van der Waals surface area contributed by atoms with E-state index in [0.29, 0.717) is 25.0 Å². The van der Waals surface area contributed by atoms with Crippen molar-refractivity contribution in [3.63, 3.8) is 0 Å². The molecule has 0 amide bonds. The maximum atomic E-state index is 11.5. The van der Waals surface area contributed by atoms with Gasteiger partial charge in [-0.1, -0.05) is 23.7 Å². The maximum Gasteiger partial charge on any atom is 0.211 e. The van der Waals surface area contributed by atoms with Gasteiger partial charge >= 0.3 is 0 Å². The highest BCUT2D eigenvalue weighted by Gasteiger charge is 2.28. The second kappa shape index (κ2) is 7.09. The summed E-state index contributed by atoms with van der Waals surface area (Å²) in [5, 5.41) is 4.26. The summed E-state index contributed by atoms with van der Waals surface area (Å²) in [6.07, 6.45) is 3.17. The van der Waals surface area contributed by atoms with Gasteiger partial charge in [0.15, 0.2) is 0 Å². The first-order chi connectivity index (χ1) is 9.84. The van der Waals surface area contributed by atoms with Gasteiger partial charge in [-0.25, -0.2) is 12.7 Å².